The lowest BCUT2D eigenvalue weighted by molar-refractivity contribution is -0.116. The average molecular weight is 333 g/mol. The van der Waals surface area contributed by atoms with Gasteiger partial charge in [-0.1, -0.05) is 56.0 Å². The maximum Gasteiger partial charge on any atom is 0.113 e. The van der Waals surface area contributed by atoms with Gasteiger partial charge in [0.2, 0.25) is 0 Å². The molecule has 1 heterocycles. The summed E-state index contributed by atoms with van der Waals surface area (Å²) in [6, 6.07) is 16.0. The molecule has 1 aromatic rings. The van der Waals surface area contributed by atoms with Crippen molar-refractivity contribution in [1.29, 1.82) is 10.5 Å². The Hall–Kier alpha value is -1.84. The van der Waals surface area contributed by atoms with Crippen LogP contribution in [-0.2, 0) is 6.54 Å². The lowest BCUT2D eigenvalue weighted by Gasteiger charge is -2.61. The fourth-order valence-corrected chi connectivity index (χ4v) is 5.96. The van der Waals surface area contributed by atoms with Crippen molar-refractivity contribution in [2.75, 3.05) is 0 Å². The first-order valence-electron chi connectivity index (χ1n) is 9.89. The molecule has 1 aromatic carbocycles. The standard InChI is InChI=1S/C22H27N3/c23-16-21-12-6-4-10-19(21)14-20-11-5-7-13-22(20,17-24)25(21)15-18-8-2-1-3-9-18/h1-3,8-9,19-20H,4-7,10-15H2/t19-,20+,21-,22-/m1/s1. The fraction of sp³-hybridized carbons (Fsp3) is 0.636. The van der Waals surface area contributed by atoms with E-state index in [9.17, 15) is 10.5 Å². The van der Waals surface area contributed by atoms with Crippen molar-refractivity contribution in [3.63, 3.8) is 0 Å². The molecule has 4 rings (SSSR count). The summed E-state index contributed by atoms with van der Waals surface area (Å²) in [5.74, 6) is 0.860. The van der Waals surface area contributed by atoms with Gasteiger partial charge in [-0.05, 0) is 49.5 Å². The Bertz CT molecular complexity index is 660. The van der Waals surface area contributed by atoms with Crippen molar-refractivity contribution in [2.24, 2.45) is 11.8 Å². The van der Waals surface area contributed by atoms with Crippen LogP contribution in [0.25, 0.3) is 0 Å². The van der Waals surface area contributed by atoms with Crippen molar-refractivity contribution in [2.45, 2.75) is 75.4 Å². The number of likely N-dealkylation sites (tertiary alicyclic amines) is 1. The van der Waals surface area contributed by atoms with E-state index in [2.05, 4.69) is 41.3 Å². The second-order valence-electron chi connectivity index (χ2n) is 8.26. The smallest absolute Gasteiger partial charge is 0.113 e. The van der Waals surface area contributed by atoms with E-state index in [1.165, 1.54) is 18.4 Å². The number of piperidine rings is 1. The molecular formula is C22H27N3. The molecule has 1 saturated heterocycles. The third-order valence-electron chi connectivity index (χ3n) is 7.17. The topological polar surface area (TPSA) is 50.8 Å². The lowest BCUT2D eigenvalue weighted by atomic mass is 9.57. The molecule has 3 nitrogen and oxygen atoms in total. The zero-order valence-corrected chi connectivity index (χ0v) is 15.0. The van der Waals surface area contributed by atoms with E-state index in [0.717, 1.165) is 51.5 Å². The monoisotopic (exact) mass is 333 g/mol. The Morgan fingerprint density at radius 3 is 1.96 bits per heavy atom. The number of benzene rings is 1. The minimum Gasteiger partial charge on any atom is -0.262 e. The number of rotatable bonds is 2. The summed E-state index contributed by atoms with van der Waals surface area (Å²) in [5, 5.41) is 20.6. The van der Waals surface area contributed by atoms with Crippen LogP contribution in [-0.4, -0.2) is 16.0 Å². The van der Waals surface area contributed by atoms with E-state index in [1.54, 1.807) is 0 Å². The van der Waals surface area contributed by atoms with Crippen molar-refractivity contribution >= 4 is 0 Å². The number of nitrogens with zero attached hydrogens (tertiary/aromatic N) is 3. The minimum absolute atomic E-state index is 0.430. The van der Waals surface area contributed by atoms with E-state index < -0.39 is 11.1 Å². The van der Waals surface area contributed by atoms with Crippen molar-refractivity contribution in [3.8, 4) is 12.1 Å². The summed E-state index contributed by atoms with van der Waals surface area (Å²) in [7, 11) is 0. The molecule has 130 valence electrons. The van der Waals surface area contributed by atoms with Crippen LogP contribution < -0.4 is 0 Å². The van der Waals surface area contributed by atoms with Crippen LogP contribution in [0.15, 0.2) is 30.3 Å². The van der Waals surface area contributed by atoms with E-state index in [0.29, 0.717) is 11.8 Å². The van der Waals surface area contributed by atoms with Crippen molar-refractivity contribution in [1.82, 2.24) is 4.90 Å². The highest BCUT2D eigenvalue weighted by molar-refractivity contribution is 5.29. The third-order valence-corrected chi connectivity index (χ3v) is 7.17. The van der Waals surface area contributed by atoms with Gasteiger partial charge in [0.25, 0.3) is 0 Å². The average Bonchev–Trinajstić information content (AvgIpc) is 2.68. The molecule has 0 unspecified atom stereocenters. The van der Waals surface area contributed by atoms with Gasteiger partial charge in [-0.25, -0.2) is 0 Å². The van der Waals surface area contributed by atoms with Crippen molar-refractivity contribution < 1.29 is 0 Å². The number of hydrogen-bond acceptors (Lipinski definition) is 3. The first-order valence-corrected chi connectivity index (χ1v) is 9.89. The molecule has 0 bridgehead atoms. The first kappa shape index (κ1) is 16.6. The van der Waals surface area contributed by atoms with Crippen LogP contribution in [0.5, 0.6) is 0 Å². The summed E-state index contributed by atoms with van der Waals surface area (Å²) in [6.45, 7) is 0.731. The fourth-order valence-electron chi connectivity index (χ4n) is 5.96. The van der Waals surface area contributed by atoms with Gasteiger partial charge in [-0.15, -0.1) is 0 Å². The van der Waals surface area contributed by atoms with Gasteiger partial charge < -0.3 is 0 Å². The zero-order valence-electron chi connectivity index (χ0n) is 15.0. The normalized spacial score (nSPS) is 38.0. The molecule has 3 heteroatoms. The van der Waals surface area contributed by atoms with Crippen LogP contribution in [0.4, 0.5) is 0 Å². The van der Waals surface area contributed by atoms with Gasteiger partial charge in [0.1, 0.15) is 11.1 Å². The van der Waals surface area contributed by atoms with E-state index in [4.69, 9.17) is 0 Å². The van der Waals surface area contributed by atoms with E-state index >= 15 is 0 Å². The van der Waals surface area contributed by atoms with Crippen LogP contribution in [0.1, 0.15) is 63.4 Å². The van der Waals surface area contributed by atoms with Crippen molar-refractivity contribution in [3.05, 3.63) is 35.9 Å². The predicted molar refractivity (Wildman–Crippen MR) is 97.2 cm³/mol. The number of fused-ring (bicyclic) bond motifs is 2. The summed E-state index contributed by atoms with van der Waals surface area (Å²) in [6.07, 6.45) is 9.93. The molecule has 1 aliphatic heterocycles. The second-order valence-corrected chi connectivity index (χ2v) is 8.26. The second kappa shape index (κ2) is 6.47. The Morgan fingerprint density at radius 2 is 1.44 bits per heavy atom. The van der Waals surface area contributed by atoms with Gasteiger partial charge >= 0.3 is 0 Å². The molecule has 0 aromatic heterocycles. The number of nitriles is 2. The summed E-state index contributed by atoms with van der Waals surface area (Å²) in [4.78, 5) is 2.38. The van der Waals surface area contributed by atoms with Gasteiger partial charge in [-0.2, -0.15) is 10.5 Å². The first-order chi connectivity index (χ1) is 12.2. The van der Waals surface area contributed by atoms with Crippen LogP contribution in [0, 0.1) is 34.5 Å². The molecule has 2 aliphatic carbocycles. The highest BCUT2D eigenvalue weighted by Crippen LogP contribution is 2.56. The maximum atomic E-state index is 10.3. The third kappa shape index (κ3) is 2.49. The Kier molecular flexibility index (Phi) is 4.30. The Morgan fingerprint density at radius 1 is 0.880 bits per heavy atom. The van der Waals surface area contributed by atoms with Crippen LogP contribution >= 0.6 is 0 Å². The predicted octanol–water partition coefficient (Wildman–Crippen LogP) is 4.80. The molecule has 0 spiro atoms. The van der Waals surface area contributed by atoms with E-state index in [1.807, 2.05) is 6.07 Å². The van der Waals surface area contributed by atoms with Gasteiger partial charge in [0.05, 0.1) is 12.1 Å². The molecule has 3 aliphatic rings. The van der Waals surface area contributed by atoms with Gasteiger partial charge in [-0.3, -0.25) is 4.90 Å². The highest BCUT2D eigenvalue weighted by atomic mass is 15.3. The summed E-state index contributed by atoms with van der Waals surface area (Å²) >= 11 is 0. The van der Waals surface area contributed by atoms with Gasteiger partial charge in [0, 0.05) is 6.54 Å². The largest absolute Gasteiger partial charge is 0.262 e. The van der Waals surface area contributed by atoms with Crippen LogP contribution in [0.2, 0.25) is 0 Å². The Balaban J connectivity index is 1.81. The minimum atomic E-state index is -0.447. The molecule has 0 radical (unpaired) electrons. The summed E-state index contributed by atoms with van der Waals surface area (Å²) in [5.41, 5.74) is 0.331. The maximum absolute atomic E-state index is 10.3. The quantitative estimate of drug-likeness (QED) is 0.781. The summed E-state index contributed by atoms with van der Waals surface area (Å²) < 4.78 is 0. The lowest BCUT2D eigenvalue weighted by Crippen LogP contribution is -2.70. The number of hydrogen-bond donors (Lipinski definition) is 0. The van der Waals surface area contributed by atoms with Crippen LogP contribution in [0.3, 0.4) is 0 Å². The highest BCUT2D eigenvalue weighted by Gasteiger charge is 2.61. The Labute approximate surface area is 151 Å². The van der Waals surface area contributed by atoms with Gasteiger partial charge in [0.15, 0.2) is 0 Å². The molecular weight excluding hydrogens is 306 g/mol. The molecule has 0 amide bonds. The molecule has 25 heavy (non-hydrogen) atoms. The zero-order chi connectivity index (χ0) is 17.3. The molecule has 3 fully saturated rings. The molecule has 0 N–H and O–H groups in total. The van der Waals surface area contributed by atoms with E-state index in [-0.39, 0.29) is 0 Å². The molecule has 4 atom stereocenters. The molecule has 2 saturated carbocycles. The SMILES string of the molecule is N#C[C@]12CCCC[C@@H]1C[C@@H]1CCCC[C@]1(C#N)N2Cc1ccccc1.